The number of benzene rings is 1. The molecule has 140 valence electrons. The number of carbonyl (C=O) groups excluding carboxylic acids is 1. The van der Waals surface area contributed by atoms with Crippen molar-refractivity contribution in [2.75, 3.05) is 6.54 Å². The van der Waals surface area contributed by atoms with Crippen molar-refractivity contribution in [2.45, 2.75) is 11.4 Å². The van der Waals surface area contributed by atoms with Crippen LogP contribution in [0.2, 0.25) is 0 Å². The van der Waals surface area contributed by atoms with Gasteiger partial charge in [0.2, 0.25) is 10.0 Å². The summed E-state index contributed by atoms with van der Waals surface area (Å²) in [6.45, 7) is 0.284. The van der Waals surface area contributed by atoms with Crippen LogP contribution in [0.25, 0.3) is 5.82 Å². The Balaban J connectivity index is 1.63. The molecule has 12 heteroatoms. The van der Waals surface area contributed by atoms with E-state index >= 15 is 0 Å². The van der Waals surface area contributed by atoms with Gasteiger partial charge in [0.05, 0.1) is 11.4 Å². The van der Waals surface area contributed by atoms with Crippen molar-refractivity contribution in [2.24, 2.45) is 5.14 Å². The molecule has 1 amide bonds. The summed E-state index contributed by atoms with van der Waals surface area (Å²) in [5.41, 5.74) is -0.0651. The Morgan fingerprint density at radius 3 is 2.52 bits per heavy atom. The summed E-state index contributed by atoms with van der Waals surface area (Å²) in [4.78, 5) is 27.7. The van der Waals surface area contributed by atoms with Crippen LogP contribution in [-0.4, -0.2) is 45.4 Å². The van der Waals surface area contributed by atoms with Crippen molar-refractivity contribution in [1.82, 2.24) is 29.9 Å². The summed E-state index contributed by atoms with van der Waals surface area (Å²) in [7, 11) is -3.82. The summed E-state index contributed by atoms with van der Waals surface area (Å²) in [5, 5.41) is 15.7. The van der Waals surface area contributed by atoms with Gasteiger partial charge in [-0.2, -0.15) is 5.10 Å². The summed E-state index contributed by atoms with van der Waals surface area (Å²) >= 11 is 0. The van der Waals surface area contributed by atoms with Crippen LogP contribution in [0.1, 0.15) is 10.4 Å². The summed E-state index contributed by atoms with van der Waals surface area (Å²) in [5.74, 6) is -0.00606. The standard InChI is InChI=1S/C15H15N7O4S/c16-27(25,26)12-3-1-11(2-4-12)15(24)18-7-8-21-14(23)6-5-13(20-21)22-10-17-9-19-22/h1-6,9-10H,7-8H2,(H,18,24)(H2,16,25,26). The number of rotatable bonds is 6. The summed E-state index contributed by atoms with van der Waals surface area (Å²) in [6.07, 6.45) is 2.79. The van der Waals surface area contributed by atoms with Crippen molar-refractivity contribution in [1.29, 1.82) is 0 Å². The molecule has 3 rings (SSSR count). The zero-order valence-electron chi connectivity index (χ0n) is 13.9. The minimum absolute atomic E-state index is 0.0836. The van der Waals surface area contributed by atoms with E-state index in [4.69, 9.17) is 5.14 Å². The Morgan fingerprint density at radius 1 is 1.15 bits per heavy atom. The van der Waals surface area contributed by atoms with E-state index in [2.05, 4.69) is 20.5 Å². The van der Waals surface area contributed by atoms with Crippen LogP contribution in [0.3, 0.4) is 0 Å². The molecular weight excluding hydrogens is 374 g/mol. The molecule has 0 aliphatic carbocycles. The van der Waals surface area contributed by atoms with Gasteiger partial charge in [0.1, 0.15) is 12.7 Å². The number of primary sulfonamides is 1. The average molecular weight is 389 g/mol. The highest BCUT2D eigenvalue weighted by molar-refractivity contribution is 7.89. The molecule has 11 nitrogen and oxygen atoms in total. The second-order valence-corrected chi connectivity index (χ2v) is 6.98. The molecule has 2 heterocycles. The van der Waals surface area contributed by atoms with E-state index in [0.29, 0.717) is 5.82 Å². The van der Waals surface area contributed by atoms with Gasteiger partial charge in [-0.1, -0.05) is 0 Å². The van der Waals surface area contributed by atoms with Crippen molar-refractivity contribution >= 4 is 15.9 Å². The van der Waals surface area contributed by atoms with Crippen LogP contribution in [0.5, 0.6) is 0 Å². The molecule has 0 saturated carbocycles. The zero-order chi connectivity index (χ0) is 19.4. The first-order valence-electron chi connectivity index (χ1n) is 7.69. The number of hydrogen-bond acceptors (Lipinski definition) is 7. The van der Waals surface area contributed by atoms with E-state index in [1.54, 1.807) is 0 Å². The van der Waals surface area contributed by atoms with Gasteiger partial charge in [0.15, 0.2) is 5.82 Å². The highest BCUT2D eigenvalue weighted by Crippen LogP contribution is 2.08. The fourth-order valence-electron chi connectivity index (χ4n) is 2.22. The largest absolute Gasteiger partial charge is 0.350 e. The van der Waals surface area contributed by atoms with E-state index in [0.717, 1.165) is 0 Å². The summed E-state index contributed by atoms with van der Waals surface area (Å²) < 4.78 is 25.0. The SMILES string of the molecule is NS(=O)(=O)c1ccc(C(=O)NCCn2nc(-n3cncn3)ccc2=O)cc1. The van der Waals surface area contributed by atoms with E-state index in [1.807, 2.05) is 0 Å². The number of aromatic nitrogens is 5. The topological polar surface area (TPSA) is 155 Å². The normalized spacial score (nSPS) is 11.3. The van der Waals surface area contributed by atoms with Crippen molar-refractivity contribution < 1.29 is 13.2 Å². The molecule has 0 spiro atoms. The van der Waals surface area contributed by atoms with Crippen LogP contribution in [0.4, 0.5) is 0 Å². The Morgan fingerprint density at radius 2 is 1.89 bits per heavy atom. The van der Waals surface area contributed by atoms with Gasteiger partial charge in [-0.25, -0.2) is 27.9 Å². The van der Waals surface area contributed by atoms with Gasteiger partial charge >= 0.3 is 0 Å². The molecule has 27 heavy (non-hydrogen) atoms. The Labute approximate surface area is 153 Å². The van der Waals surface area contributed by atoms with E-state index < -0.39 is 15.9 Å². The third-order valence-electron chi connectivity index (χ3n) is 3.56. The summed E-state index contributed by atoms with van der Waals surface area (Å²) in [6, 6.07) is 8.06. The van der Waals surface area contributed by atoms with Gasteiger partial charge < -0.3 is 5.32 Å². The molecule has 1 aromatic carbocycles. The molecule has 0 unspecified atom stereocenters. The van der Waals surface area contributed by atoms with Crippen LogP contribution >= 0.6 is 0 Å². The second kappa shape index (κ2) is 7.47. The lowest BCUT2D eigenvalue weighted by atomic mass is 10.2. The van der Waals surface area contributed by atoms with Crippen LogP contribution in [-0.2, 0) is 16.6 Å². The van der Waals surface area contributed by atoms with Crippen LogP contribution in [0, 0.1) is 0 Å². The lowest BCUT2D eigenvalue weighted by Gasteiger charge is -2.08. The van der Waals surface area contributed by atoms with E-state index in [-0.39, 0.29) is 29.1 Å². The van der Waals surface area contributed by atoms with Crippen LogP contribution < -0.4 is 16.0 Å². The van der Waals surface area contributed by atoms with E-state index in [1.165, 1.54) is 58.4 Å². The first-order chi connectivity index (χ1) is 12.8. The molecule has 0 saturated heterocycles. The molecular formula is C15H15N7O4S. The number of amides is 1. The molecule has 0 fully saturated rings. The molecule has 3 aromatic rings. The predicted molar refractivity (Wildman–Crippen MR) is 93.6 cm³/mol. The van der Waals surface area contributed by atoms with Crippen molar-refractivity contribution in [3.63, 3.8) is 0 Å². The molecule has 0 aliphatic heterocycles. The van der Waals surface area contributed by atoms with Gasteiger partial charge in [-0.15, -0.1) is 5.10 Å². The lowest BCUT2D eigenvalue weighted by molar-refractivity contribution is 0.0951. The number of hydrogen-bond donors (Lipinski definition) is 2. The highest BCUT2D eigenvalue weighted by atomic mass is 32.2. The fraction of sp³-hybridized carbons (Fsp3) is 0.133. The molecule has 3 N–H and O–H groups in total. The fourth-order valence-corrected chi connectivity index (χ4v) is 2.74. The number of nitrogens with zero attached hydrogens (tertiary/aromatic N) is 5. The third kappa shape index (κ3) is 4.43. The minimum atomic E-state index is -3.82. The maximum Gasteiger partial charge on any atom is 0.266 e. The number of carbonyl (C=O) groups is 1. The smallest absolute Gasteiger partial charge is 0.266 e. The van der Waals surface area contributed by atoms with Crippen molar-refractivity contribution in [3.8, 4) is 5.82 Å². The Bertz CT molecular complexity index is 1110. The minimum Gasteiger partial charge on any atom is -0.350 e. The number of nitrogens with two attached hydrogens (primary N) is 1. The van der Waals surface area contributed by atoms with Gasteiger partial charge in [0, 0.05) is 18.2 Å². The monoisotopic (exact) mass is 389 g/mol. The molecule has 0 radical (unpaired) electrons. The zero-order valence-corrected chi connectivity index (χ0v) is 14.7. The van der Waals surface area contributed by atoms with Crippen LogP contribution in [0.15, 0.2) is 58.7 Å². The van der Waals surface area contributed by atoms with Gasteiger partial charge in [0.25, 0.3) is 11.5 Å². The molecule has 0 aliphatic rings. The second-order valence-electron chi connectivity index (χ2n) is 5.42. The molecule has 0 bridgehead atoms. The van der Waals surface area contributed by atoms with E-state index in [9.17, 15) is 18.0 Å². The first-order valence-corrected chi connectivity index (χ1v) is 9.23. The Hall–Kier alpha value is -3.38. The predicted octanol–water partition coefficient (Wildman–Crippen LogP) is -1.10. The maximum absolute atomic E-state index is 12.1. The quantitative estimate of drug-likeness (QED) is 0.542. The maximum atomic E-state index is 12.1. The molecule has 2 aromatic heterocycles. The third-order valence-corrected chi connectivity index (χ3v) is 4.49. The molecule has 0 atom stereocenters. The Kier molecular flexibility index (Phi) is 5.09. The lowest BCUT2D eigenvalue weighted by Crippen LogP contribution is -2.32. The number of sulfonamides is 1. The van der Waals surface area contributed by atoms with Crippen molar-refractivity contribution in [3.05, 3.63) is 65.0 Å². The first kappa shape index (κ1) is 18.4. The van der Waals surface area contributed by atoms with Gasteiger partial charge in [-0.3, -0.25) is 9.59 Å². The highest BCUT2D eigenvalue weighted by Gasteiger charge is 2.10. The average Bonchev–Trinajstić information content (AvgIpc) is 3.17. The number of nitrogens with one attached hydrogen (secondary N) is 1. The van der Waals surface area contributed by atoms with Gasteiger partial charge in [-0.05, 0) is 30.3 Å².